The summed E-state index contributed by atoms with van der Waals surface area (Å²) in [6.45, 7) is 4.72. The first kappa shape index (κ1) is 16.8. The highest BCUT2D eigenvalue weighted by molar-refractivity contribution is 5.87. The van der Waals surface area contributed by atoms with E-state index in [4.69, 9.17) is 5.11 Å². The summed E-state index contributed by atoms with van der Waals surface area (Å²) in [7, 11) is 0. The van der Waals surface area contributed by atoms with Crippen LogP contribution in [0.2, 0.25) is 0 Å². The SMILES string of the molecule is C=C(C)C(=O)OC(C)C(F)(F)C(C)(O)C(F)(F)F. The highest BCUT2D eigenvalue weighted by atomic mass is 19.4. The Morgan fingerprint density at radius 2 is 1.67 bits per heavy atom. The number of aliphatic hydroxyl groups is 1. The van der Waals surface area contributed by atoms with Crippen molar-refractivity contribution < 1.29 is 36.6 Å². The molecule has 0 aromatic carbocycles. The van der Waals surface area contributed by atoms with E-state index in [9.17, 15) is 26.7 Å². The number of esters is 1. The van der Waals surface area contributed by atoms with E-state index in [0.29, 0.717) is 6.92 Å². The average Bonchev–Trinajstić information content (AvgIpc) is 2.14. The number of halogens is 5. The van der Waals surface area contributed by atoms with Crippen molar-refractivity contribution in [3.63, 3.8) is 0 Å². The lowest BCUT2D eigenvalue weighted by atomic mass is 9.93. The van der Waals surface area contributed by atoms with Crippen LogP contribution in [0.5, 0.6) is 0 Å². The van der Waals surface area contributed by atoms with E-state index < -0.39 is 29.8 Å². The second kappa shape index (κ2) is 4.83. The maximum Gasteiger partial charge on any atom is 0.423 e. The zero-order valence-corrected chi connectivity index (χ0v) is 9.94. The van der Waals surface area contributed by atoms with E-state index in [1.165, 1.54) is 0 Å². The van der Waals surface area contributed by atoms with Crippen molar-refractivity contribution in [3.05, 3.63) is 12.2 Å². The molecule has 0 aliphatic heterocycles. The number of ether oxygens (including phenoxy) is 1. The highest BCUT2D eigenvalue weighted by Gasteiger charge is 2.68. The van der Waals surface area contributed by atoms with Gasteiger partial charge in [-0.25, -0.2) is 4.79 Å². The number of alkyl halides is 5. The molecule has 0 heterocycles. The molecule has 0 aromatic rings. The van der Waals surface area contributed by atoms with Crippen molar-refractivity contribution in [2.24, 2.45) is 0 Å². The molecule has 0 fully saturated rings. The summed E-state index contributed by atoms with van der Waals surface area (Å²) in [6.07, 6.45) is -8.03. The Labute approximate surface area is 100 Å². The van der Waals surface area contributed by atoms with Gasteiger partial charge in [0.05, 0.1) is 0 Å². The van der Waals surface area contributed by atoms with Gasteiger partial charge < -0.3 is 9.84 Å². The number of carbonyl (C=O) groups excluding carboxylic acids is 1. The summed E-state index contributed by atoms with van der Waals surface area (Å²) in [5, 5.41) is 8.91. The van der Waals surface area contributed by atoms with Gasteiger partial charge in [-0.15, -0.1) is 0 Å². The van der Waals surface area contributed by atoms with Crippen molar-refractivity contribution in [1.29, 1.82) is 0 Å². The lowest BCUT2D eigenvalue weighted by Gasteiger charge is -2.36. The predicted molar refractivity (Wildman–Crippen MR) is 52.0 cm³/mol. The van der Waals surface area contributed by atoms with E-state index in [-0.39, 0.29) is 12.5 Å². The van der Waals surface area contributed by atoms with Crippen LogP contribution in [-0.2, 0) is 9.53 Å². The Balaban J connectivity index is 5.15. The molecule has 0 saturated carbocycles. The van der Waals surface area contributed by atoms with E-state index >= 15 is 0 Å². The Morgan fingerprint density at radius 1 is 1.28 bits per heavy atom. The minimum atomic E-state index is -5.57. The van der Waals surface area contributed by atoms with Crippen LogP contribution in [0.1, 0.15) is 20.8 Å². The molecule has 106 valence electrons. The smallest absolute Gasteiger partial charge is 0.423 e. The molecule has 3 nitrogen and oxygen atoms in total. The monoisotopic (exact) mass is 276 g/mol. The Bertz CT molecular complexity index is 346. The molecule has 1 N–H and O–H groups in total. The third-order valence-corrected chi connectivity index (χ3v) is 2.34. The summed E-state index contributed by atoms with van der Waals surface area (Å²) in [4.78, 5) is 11.0. The largest absolute Gasteiger partial charge is 0.453 e. The molecule has 8 heteroatoms. The fourth-order valence-electron chi connectivity index (χ4n) is 0.920. The van der Waals surface area contributed by atoms with Crippen molar-refractivity contribution in [1.82, 2.24) is 0 Å². The number of rotatable bonds is 4. The molecule has 0 bridgehead atoms. The summed E-state index contributed by atoms with van der Waals surface area (Å²) >= 11 is 0. The molecule has 0 spiro atoms. The molecule has 0 aliphatic carbocycles. The van der Waals surface area contributed by atoms with Crippen LogP contribution in [-0.4, -0.2) is 34.9 Å². The topological polar surface area (TPSA) is 46.5 Å². The molecule has 0 amide bonds. The molecule has 2 atom stereocenters. The second-order valence-electron chi connectivity index (χ2n) is 4.02. The third kappa shape index (κ3) is 2.98. The number of hydrogen-bond acceptors (Lipinski definition) is 3. The minimum Gasteiger partial charge on any atom is -0.453 e. The van der Waals surface area contributed by atoms with Crippen molar-refractivity contribution in [2.45, 2.75) is 44.6 Å². The van der Waals surface area contributed by atoms with Crippen LogP contribution in [0.15, 0.2) is 12.2 Å². The molecule has 0 aromatic heterocycles. The average molecular weight is 276 g/mol. The molecule has 18 heavy (non-hydrogen) atoms. The van der Waals surface area contributed by atoms with Gasteiger partial charge in [0, 0.05) is 5.57 Å². The molecule has 0 rings (SSSR count). The third-order valence-electron chi connectivity index (χ3n) is 2.34. The summed E-state index contributed by atoms with van der Waals surface area (Å²) < 4.78 is 67.9. The van der Waals surface area contributed by atoms with Gasteiger partial charge in [0.15, 0.2) is 6.10 Å². The normalized spacial score (nSPS) is 17.8. The second-order valence-corrected chi connectivity index (χ2v) is 4.02. The van der Waals surface area contributed by atoms with Crippen LogP contribution in [0.4, 0.5) is 22.0 Å². The van der Waals surface area contributed by atoms with Crippen molar-refractivity contribution >= 4 is 5.97 Å². The van der Waals surface area contributed by atoms with Crippen LogP contribution in [0, 0.1) is 0 Å². The maximum absolute atomic E-state index is 13.4. The Kier molecular flexibility index (Phi) is 4.51. The van der Waals surface area contributed by atoms with Crippen LogP contribution in [0.25, 0.3) is 0 Å². The summed E-state index contributed by atoms with van der Waals surface area (Å²) in [5.74, 6) is -5.96. The first-order chi connectivity index (χ1) is 7.75. The van der Waals surface area contributed by atoms with Gasteiger partial charge in [0.2, 0.25) is 5.60 Å². The van der Waals surface area contributed by atoms with Crippen LogP contribution < -0.4 is 0 Å². The zero-order valence-electron chi connectivity index (χ0n) is 9.94. The van der Waals surface area contributed by atoms with Gasteiger partial charge in [-0.2, -0.15) is 22.0 Å². The van der Waals surface area contributed by atoms with Gasteiger partial charge in [-0.1, -0.05) is 6.58 Å². The van der Waals surface area contributed by atoms with E-state index in [2.05, 4.69) is 11.3 Å². The van der Waals surface area contributed by atoms with E-state index in [0.717, 1.165) is 6.92 Å². The number of hydrogen-bond donors (Lipinski definition) is 1. The van der Waals surface area contributed by atoms with Crippen molar-refractivity contribution in [3.8, 4) is 0 Å². The zero-order chi connectivity index (χ0) is 14.9. The number of carbonyl (C=O) groups is 1. The molecule has 0 radical (unpaired) electrons. The first-order valence-corrected chi connectivity index (χ1v) is 4.78. The van der Waals surface area contributed by atoms with Gasteiger partial charge in [0.1, 0.15) is 0 Å². The fourth-order valence-corrected chi connectivity index (χ4v) is 0.920. The fraction of sp³-hybridized carbons (Fsp3) is 0.700. The Hall–Kier alpha value is -1.18. The van der Waals surface area contributed by atoms with Gasteiger partial charge in [-0.05, 0) is 20.8 Å². The van der Waals surface area contributed by atoms with E-state index in [1.807, 2.05) is 0 Å². The standard InChI is InChI=1S/C10H13F5O3/c1-5(2)7(16)18-6(3)9(11,12)8(4,17)10(13,14)15/h6,17H,1H2,2-4H3. The summed E-state index contributed by atoms with van der Waals surface area (Å²) in [5.41, 5.74) is -4.56. The molecular formula is C10H13F5O3. The summed E-state index contributed by atoms with van der Waals surface area (Å²) in [6, 6.07) is 0. The quantitative estimate of drug-likeness (QED) is 0.487. The van der Waals surface area contributed by atoms with E-state index in [1.54, 1.807) is 0 Å². The lowest BCUT2D eigenvalue weighted by Crippen LogP contribution is -2.61. The Morgan fingerprint density at radius 3 is 1.94 bits per heavy atom. The van der Waals surface area contributed by atoms with Crippen LogP contribution in [0.3, 0.4) is 0 Å². The van der Waals surface area contributed by atoms with Gasteiger partial charge in [-0.3, -0.25) is 0 Å². The lowest BCUT2D eigenvalue weighted by molar-refractivity contribution is -0.341. The first-order valence-electron chi connectivity index (χ1n) is 4.78. The highest BCUT2D eigenvalue weighted by Crippen LogP contribution is 2.44. The molecule has 0 aliphatic rings. The molecule has 2 unspecified atom stereocenters. The molecular weight excluding hydrogens is 263 g/mol. The van der Waals surface area contributed by atoms with Gasteiger partial charge >= 0.3 is 18.1 Å². The molecule has 0 saturated heterocycles. The van der Waals surface area contributed by atoms with Crippen LogP contribution >= 0.6 is 0 Å². The van der Waals surface area contributed by atoms with Crippen molar-refractivity contribution in [2.75, 3.05) is 0 Å². The minimum absolute atomic E-state index is 0.0852. The maximum atomic E-state index is 13.4. The predicted octanol–water partition coefficient (Wildman–Crippen LogP) is 2.44. The van der Waals surface area contributed by atoms with Gasteiger partial charge in [0.25, 0.3) is 0 Å².